The summed E-state index contributed by atoms with van der Waals surface area (Å²) in [6.07, 6.45) is 0. The van der Waals surface area contributed by atoms with Gasteiger partial charge in [-0.2, -0.15) is 0 Å². The maximum Gasteiger partial charge on any atom is 0.238 e. The molecule has 1 aliphatic heterocycles. The molecule has 0 aliphatic carbocycles. The van der Waals surface area contributed by atoms with Gasteiger partial charge < -0.3 is 15.5 Å². The summed E-state index contributed by atoms with van der Waals surface area (Å²) in [5.41, 5.74) is 3.19. The highest BCUT2D eigenvalue weighted by atomic mass is 16.2. The molecule has 5 heteroatoms. The number of carbonyl (C=O) groups excluding carboxylic acids is 1. The third-order valence-electron chi connectivity index (χ3n) is 3.55. The van der Waals surface area contributed by atoms with Crippen molar-refractivity contribution in [2.45, 2.75) is 6.92 Å². The van der Waals surface area contributed by atoms with Crippen molar-refractivity contribution < 1.29 is 4.79 Å². The minimum Gasteiger partial charge on any atom is -0.377 e. The summed E-state index contributed by atoms with van der Waals surface area (Å²) in [6.45, 7) is 6.33. The van der Waals surface area contributed by atoms with Crippen molar-refractivity contribution in [3.05, 3.63) is 23.8 Å². The normalized spacial score (nSPS) is 15.9. The molecule has 1 aromatic carbocycles. The summed E-state index contributed by atoms with van der Waals surface area (Å²) in [4.78, 5) is 16.3. The van der Waals surface area contributed by atoms with E-state index in [1.807, 2.05) is 32.3 Å². The van der Waals surface area contributed by atoms with Gasteiger partial charge >= 0.3 is 0 Å². The van der Waals surface area contributed by atoms with E-state index in [2.05, 4.69) is 27.4 Å². The van der Waals surface area contributed by atoms with Crippen molar-refractivity contribution in [1.29, 1.82) is 0 Å². The number of rotatable bonds is 4. The second kappa shape index (κ2) is 6.72. The van der Waals surface area contributed by atoms with Crippen LogP contribution in [0, 0.1) is 6.92 Å². The van der Waals surface area contributed by atoms with Crippen molar-refractivity contribution in [3.8, 4) is 0 Å². The molecule has 0 saturated carbocycles. The Morgan fingerprint density at radius 3 is 2.70 bits per heavy atom. The second-order valence-corrected chi connectivity index (χ2v) is 5.47. The van der Waals surface area contributed by atoms with Gasteiger partial charge in [-0.15, -0.1) is 0 Å². The van der Waals surface area contributed by atoms with Crippen LogP contribution in [0.5, 0.6) is 0 Å². The number of amides is 1. The fourth-order valence-electron chi connectivity index (χ4n) is 2.44. The number of piperazine rings is 1. The molecule has 0 bridgehead atoms. The molecule has 2 rings (SSSR count). The van der Waals surface area contributed by atoms with Crippen LogP contribution in [-0.4, -0.2) is 57.6 Å². The first-order valence-corrected chi connectivity index (χ1v) is 7.07. The smallest absolute Gasteiger partial charge is 0.238 e. The van der Waals surface area contributed by atoms with Crippen LogP contribution in [-0.2, 0) is 4.79 Å². The molecule has 1 aliphatic rings. The van der Waals surface area contributed by atoms with Crippen molar-refractivity contribution in [3.63, 3.8) is 0 Å². The third-order valence-corrected chi connectivity index (χ3v) is 3.55. The number of hydrogen-bond donors (Lipinski definition) is 2. The first-order valence-electron chi connectivity index (χ1n) is 7.07. The largest absolute Gasteiger partial charge is 0.377 e. The van der Waals surface area contributed by atoms with Crippen LogP contribution in [0.25, 0.3) is 0 Å². The molecule has 1 amide bonds. The highest BCUT2D eigenvalue weighted by Gasteiger charge is 2.13. The first-order chi connectivity index (χ1) is 9.56. The Morgan fingerprint density at radius 1 is 1.35 bits per heavy atom. The fourth-order valence-corrected chi connectivity index (χ4v) is 2.44. The standard InChI is InChI=1S/C15H24N4O/c1-12-4-5-13(10-14(12)18(2)3)17-15(20)11-19-8-6-16-7-9-19/h4-5,10,16H,6-9,11H2,1-3H3,(H,17,20). The summed E-state index contributed by atoms with van der Waals surface area (Å²) < 4.78 is 0. The van der Waals surface area contributed by atoms with E-state index in [0.29, 0.717) is 6.54 Å². The van der Waals surface area contributed by atoms with E-state index < -0.39 is 0 Å². The van der Waals surface area contributed by atoms with Crippen molar-refractivity contribution in [2.75, 3.05) is 57.0 Å². The van der Waals surface area contributed by atoms with Gasteiger partial charge in [-0.25, -0.2) is 0 Å². The van der Waals surface area contributed by atoms with Crippen molar-refractivity contribution in [2.24, 2.45) is 0 Å². The molecule has 0 atom stereocenters. The number of anilines is 2. The number of nitrogens with one attached hydrogen (secondary N) is 2. The average Bonchev–Trinajstić information content (AvgIpc) is 2.41. The quantitative estimate of drug-likeness (QED) is 0.858. The lowest BCUT2D eigenvalue weighted by molar-refractivity contribution is -0.117. The van der Waals surface area contributed by atoms with Gasteiger partial charge in [-0.3, -0.25) is 9.69 Å². The second-order valence-electron chi connectivity index (χ2n) is 5.47. The minimum absolute atomic E-state index is 0.0560. The van der Waals surface area contributed by atoms with Crippen LogP contribution < -0.4 is 15.5 Å². The Kier molecular flexibility index (Phi) is 4.98. The molecule has 0 spiro atoms. The number of hydrogen-bond acceptors (Lipinski definition) is 4. The molecule has 1 fully saturated rings. The van der Waals surface area contributed by atoms with E-state index in [9.17, 15) is 4.79 Å². The lowest BCUT2D eigenvalue weighted by Crippen LogP contribution is -2.46. The molecule has 0 radical (unpaired) electrons. The number of aryl methyl sites for hydroxylation is 1. The highest BCUT2D eigenvalue weighted by molar-refractivity contribution is 5.92. The molecular weight excluding hydrogens is 252 g/mol. The third kappa shape index (κ3) is 3.95. The van der Waals surface area contributed by atoms with Gasteiger partial charge in [0.2, 0.25) is 5.91 Å². The Balaban J connectivity index is 1.95. The lowest BCUT2D eigenvalue weighted by atomic mass is 10.1. The van der Waals surface area contributed by atoms with Crippen LogP contribution in [0.1, 0.15) is 5.56 Å². The van der Waals surface area contributed by atoms with E-state index in [-0.39, 0.29) is 5.91 Å². The van der Waals surface area contributed by atoms with Gasteiger partial charge in [0.15, 0.2) is 0 Å². The molecular formula is C15H24N4O. The molecule has 0 aromatic heterocycles. The number of benzene rings is 1. The van der Waals surface area contributed by atoms with Crippen LogP contribution in [0.3, 0.4) is 0 Å². The van der Waals surface area contributed by atoms with Gasteiger partial charge in [-0.1, -0.05) is 6.07 Å². The maximum atomic E-state index is 12.1. The van der Waals surface area contributed by atoms with E-state index in [0.717, 1.165) is 37.6 Å². The Morgan fingerprint density at radius 2 is 2.05 bits per heavy atom. The van der Waals surface area contributed by atoms with Crippen LogP contribution in [0.15, 0.2) is 18.2 Å². The molecule has 1 saturated heterocycles. The van der Waals surface area contributed by atoms with Gasteiger partial charge in [0.1, 0.15) is 0 Å². The molecule has 1 heterocycles. The molecule has 0 unspecified atom stereocenters. The van der Waals surface area contributed by atoms with Crippen LogP contribution in [0.2, 0.25) is 0 Å². The summed E-state index contributed by atoms with van der Waals surface area (Å²) in [5, 5.41) is 6.27. The monoisotopic (exact) mass is 276 g/mol. The summed E-state index contributed by atoms with van der Waals surface area (Å²) in [5.74, 6) is 0.0560. The van der Waals surface area contributed by atoms with Crippen LogP contribution >= 0.6 is 0 Å². The number of nitrogens with zero attached hydrogens (tertiary/aromatic N) is 2. The van der Waals surface area contributed by atoms with Gasteiger partial charge in [0.05, 0.1) is 6.54 Å². The molecule has 2 N–H and O–H groups in total. The topological polar surface area (TPSA) is 47.6 Å². The molecule has 1 aromatic rings. The highest BCUT2D eigenvalue weighted by Crippen LogP contribution is 2.22. The van der Waals surface area contributed by atoms with E-state index in [1.165, 1.54) is 5.56 Å². The van der Waals surface area contributed by atoms with Crippen molar-refractivity contribution in [1.82, 2.24) is 10.2 Å². The number of carbonyl (C=O) groups is 1. The summed E-state index contributed by atoms with van der Waals surface area (Å²) in [6, 6.07) is 6.01. The Labute approximate surface area is 120 Å². The van der Waals surface area contributed by atoms with Crippen LogP contribution in [0.4, 0.5) is 11.4 Å². The zero-order chi connectivity index (χ0) is 14.5. The maximum absolute atomic E-state index is 12.1. The summed E-state index contributed by atoms with van der Waals surface area (Å²) in [7, 11) is 4.02. The van der Waals surface area contributed by atoms with E-state index >= 15 is 0 Å². The average molecular weight is 276 g/mol. The SMILES string of the molecule is Cc1ccc(NC(=O)CN2CCNCC2)cc1N(C)C. The predicted octanol–water partition coefficient (Wildman–Crippen LogP) is 0.905. The lowest BCUT2D eigenvalue weighted by Gasteiger charge is -2.26. The van der Waals surface area contributed by atoms with Gasteiger partial charge in [-0.05, 0) is 24.6 Å². The molecule has 110 valence electrons. The zero-order valence-electron chi connectivity index (χ0n) is 12.6. The summed E-state index contributed by atoms with van der Waals surface area (Å²) >= 11 is 0. The Hall–Kier alpha value is -1.59. The zero-order valence-corrected chi connectivity index (χ0v) is 12.6. The van der Waals surface area contributed by atoms with Gasteiger partial charge in [0.25, 0.3) is 0 Å². The van der Waals surface area contributed by atoms with E-state index in [4.69, 9.17) is 0 Å². The first kappa shape index (κ1) is 14.8. The predicted molar refractivity (Wildman–Crippen MR) is 83.4 cm³/mol. The van der Waals surface area contributed by atoms with Crippen molar-refractivity contribution >= 4 is 17.3 Å². The van der Waals surface area contributed by atoms with Gasteiger partial charge in [0, 0.05) is 51.6 Å². The fraction of sp³-hybridized carbons (Fsp3) is 0.533. The molecule has 20 heavy (non-hydrogen) atoms. The van der Waals surface area contributed by atoms with E-state index in [1.54, 1.807) is 0 Å². The minimum atomic E-state index is 0.0560. The Bertz CT molecular complexity index is 467. The molecule has 5 nitrogen and oxygen atoms in total.